The van der Waals surface area contributed by atoms with Crippen LogP contribution in [0.25, 0.3) is 0 Å². The van der Waals surface area contributed by atoms with E-state index in [4.69, 9.17) is 4.74 Å². The second-order valence-electron chi connectivity index (χ2n) is 2.75. The third-order valence-corrected chi connectivity index (χ3v) is 1.74. The van der Waals surface area contributed by atoms with E-state index in [1.807, 2.05) is 0 Å². The maximum absolute atomic E-state index is 13.2. The summed E-state index contributed by atoms with van der Waals surface area (Å²) in [5.74, 6) is 2.12. The van der Waals surface area contributed by atoms with Crippen LogP contribution in [0.4, 0.5) is 8.78 Å². The molecule has 1 amide bonds. The Morgan fingerprint density at radius 3 is 2.50 bits per heavy atom. The summed E-state index contributed by atoms with van der Waals surface area (Å²) in [5, 5.41) is 0. The summed E-state index contributed by atoms with van der Waals surface area (Å²) in [6, 6.07) is -3.31. The molecule has 1 aliphatic rings. The van der Waals surface area contributed by atoms with Crippen LogP contribution in [0, 0.1) is 11.8 Å². The van der Waals surface area contributed by atoms with Crippen LogP contribution in [0.3, 0.4) is 0 Å². The molecular weight excluding hydrogens is 194 g/mol. The topological polar surface area (TPSA) is 55.6 Å². The fourth-order valence-corrected chi connectivity index (χ4v) is 1.06. The van der Waals surface area contributed by atoms with Crippen molar-refractivity contribution >= 4 is 5.91 Å². The minimum atomic E-state index is -3.31. The molecule has 0 aliphatic carbocycles. The summed E-state index contributed by atoms with van der Waals surface area (Å²) < 4.78 is 31.2. The molecule has 14 heavy (non-hydrogen) atoms. The van der Waals surface area contributed by atoms with Crippen LogP contribution in [0.1, 0.15) is 0 Å². The number of halogens is 2. The average Bonchev–Trinajstić information content (AvgIpc) is 2.16. The van der Waals surface area contributed by atoms with E-state index in [1.165, 1.54) is 0 Å². The smallest absolute Gasteiger partial charge is 0.370 e. The Bertz CT molecular complexity index is 277. The maximum Gasteiger partial charge on any atom is 0.370 e. The van der Waals surface area contributed by atoms with Gasteiger partial charge in [-0.1, -0.05) is 0 Å². The number of hydrogen-bond donors (Lipinski definition) is 1. The van der Waals surface area contributed by atoms with Gasteiger partial charge in [0.05, 0.1) is 13.2 Å². The van der Waals surface area contributed by atoms with Gasteiger partial charge in [-0.15, -0.1) is 0 Å². The van der Waals surface area contributed by atoms with Crippen molar-refractivity contribution in [1.29, 1.82) is 0 Å². The average molecular weight is 204 g/mol. The van der Waals surface area contributed by atoms with Crippen molar-refractivity contribution in [2.75, 3.05) is 26.3 Å². The standard InChI is InChI=1S/C8H10F2N2O2/c9-8(10,2-1-7(11)13)12-3-5-14-6-4-12/h3-6H2,(H2,11,13). The highest BCUT2D eigenvalue weighted by molar-refractivity contribution is 5.92. The first-order chi connectivity index (χ1) is 6.52. The number of nitrogens with zero attached hydrogens (tertiary/aromatic N) is 1. The zero-order valence-electron chi connectivity index (χ0n) is 7.43. The van der Waals surface area contributed by atoms with Gasteiger partial charge in [-0.3, -0.25) is 4.79 Å². The molecule has 1 rings (SSSR count). The second kappa shape index (κ2) is 4.35. The molecule has 0 saturated carbocycles. The van der Waals surface area contributed by atoms with Crippen molar-refractivity contribution in [3.63, 3.8) is 0 Å². The van der Waals surface area contributed by atoms with Gasteiger partial charge in [0, 0.05) is 19.0 Å². The number of alkyl halides is 2. The van der Waals surface area contributed by atoms with E-state index < -0.39 is 12.0 Å². The Morgan fingerprint density at radius 2 is 2.00 bits per heavy atom. The molecule has 0 aromatic heterocycles. The first-order valence-electron chi connectivity index (χ1n) is 4.05. The molecule has 0 spiro atoms. The lowest BCUT2D eigenvalue weighted by molar-refractivity contribution is -0.130. The summed E-state index contributed by atoms with van der Waals surface area (Å²) in [7, 11) is 0. The van der Waals surface area contributed by atoms with Crippen LogP contribution in [-0.4, -0.2) is 43.2 Å². The molecule has 1 heterocycles. The first-order valence-corrected chi connectivity index (χ1v) is 4.05. The molecule has 0 aromatic carbocycles. The Kier molecular flexibility index (Phi) is 3.38. The molecule has 0 radical (unpaired) electrons. The van der Waals surface area contributed by atoms with Crippen LogP contribution in [-0.2, 0) is 9.53 Å². The van der Waals surface area contributed by atoms with Crippen molar-refractivity contribution in [3.8, 4) is 11.8 Å². The Labute approximate surface area is 80.0 Å². The Hall–Kier alpha value is -1.19. The molecule has 1 fully saturated rings. The molecule has 6 heteroatoms. The summed E-state index contributed by atoms with van der Waals surface area (Å²) in [4.78, 5) is 11.1. The lowest BCUT2D eigenvalue weighted by Crippen LogP contribution is -2.47. The van der Waals surface area contributed by atoms with Gasteiger partial charge in [0.1, 0.15) is 0 Å². The highest BCUT2D eigenvalue weighted by Gasteiger charge is 2.35. The van der Waals surface area contributed by atoms with E-state index in [-0.39, 0.29) is 26.3 Å². The number of primary amides is 1. The molecule has 2 N–H and O–H groups in total. The zero-order valence-corrected chi connectivity index (χ0v) is 7.43. The molecule has 0 unspecified atom stereocenters. The van der Waals surface area contributed by atoms with Gasteiger partial charge in [-0.25, -0.2) is 4.90 Å². The normalized spacial score (nSPS) is 18.4. The van der Waals surface area contributed by atoms with Crippen LogP contribution >= 0.6 is 0 Å². The van der Waals surface area contributed by atoms with Crippen LogP contribution in [0.15, 0.2) is 0 Å². The van der Waals surface area contributed by atoms with Crippen molar-refractivity contribution in [2.24, 2.45) is 5.73 Å². The lowest BCUT2D eigenvalue weighted by atomic mass is 10.3. The van der Waals surface area contributed by atoms with E-state index in [1.54, 1.807) is 11.8 Å². The Balaban J connectivity index is 2.64. The van der Waals surface area contributed by atoms with E-state index in [0.29, 0.717) is 0 Å². The third-order valence-electron chi connectivity index (χ3n) is 1.74. The fraction of sp³-hybridized carbons (Fsp3) is 0.625. The number of nitrogens with two attached hydrogens (primary N) is 1. The lowest BCUT2D eigenvalue weighted by Gasteiger charge is -2.30. The van der Waals surface area contributed by atoms with Gasteiger partial charge in [0.25, 0.3) is 5.91 Å². The summed E-state index contributed by atoms with van der Waals surface area (Å²) >= 11 is 0. The van der Waals surface area contributed by atoms with Crippen molar-refractivity contribution in [3.05, 3.63) is 0 Å². The van der Waals surface area contributed by atoms with Crippen LogP contribution in [0.5, 0.6) is 0 Å². The number of carbonyl (C=O) groups excluding carboxylic acids is 1. The molecular formula is C8H10F2N2O2. The van der Waals surface area contributed by atoms with E-state index in [0.717, 1.165) is 4.90 Å². The highest BCUT2D eigenvalue weighted by atomic mass is 19.3. The van der Waals surface area contributed by atoms with Crippen molar-refractivity contribution in [2.45, 2.75) is 6.05 Å². The molecule has 78 valence electrons. The summed E-state index contributed by atoms with van der Waals surface area (Å²) in [6.07, 6.45) is 0. The summed E-state index contributed by atoms with van der Waals surface area (Å²) in [5.41, 5.74) is 4.64. The predicted octanol–water partition coefficient (Wildman–Crippen LogP) is -0.600. The third kappa shape index (κ3) is 2.94. The molecule has 1 saturated heterocycles. The number of rotatable bonds is 1. The van der Waals surface area contributed by atoms with Crippen LogP contribution < -0.4 is 5.73 Å². The fourth-order valence-electron chi connectivity index (χ4n) is 1.06. The SMILES string of the molecule is NC(=O)C#CC(F)(F)N1CCOCC1. The highest BCUT2D eigenvalue weighted by Crippen LogP contribution is 2.19. The molecule has 0 aromatic rings. The first kappa shape index (κ1) is 10.9. The largest absolute Gasteiger partial charge is 0.379 e. The number of ether oxygens (including phenoxy) is 1. The number of hydrogen-bond acceptors (Lipinski definition) is 3. The van der Waals surface area contributed by atoms with Gasteiger partial charge in [0.15, 0.2) is 0 Å². The van der Waals surface area contributed by atoms with Gasteiger partial charge in [-0.2, -0.15) is 8.78 Å². The molecule has 4 nitrogen and oxygen atoms in total. The Morgan fingerprint density at radius 1 is 1.43 bits per heavy atom. The van der Waals surface area contributed by atoms with Crippen molar-refractivity contribution in [1.82, 2.24) is 4.90 Å². The van der Waals surface area contributed by atoms with Crippen molar-refractivity contribution < 1.29 is 18.3 Å². The maximum atomic E-state index is 13.2. The minimum Gasteiger partial charge on any atom is -0.379 e. The quantitative estimate of drug-likeness (QED) is 0.458. The second-order valence-corrected chi connectivity index (χ2v) is 2.75. The van der Waals surface area contributed by atoms with E-state index in [2.05, 4.69) is 5.73 Å². The number of carbonyl (C=O) groups is 1. The predicted molar refractivity (Wildman–Crippen MR) is 44.3 cm³/mol. The van der Waals surface area contributed by atoms with Gasteiger partial charge >= 0.3 is 6.05 Å². The monoisotopic (exact) mass is 204 g/mol. The number of amides is 1. The van der Waals surface area contributed by atoms with E-state index >= 15 is 0 Å². The van der Waals surface area contributed by atoms with Crippen LogP contribution in [0.2, 0.25) is 0 Å². The molecule has 0 bridgehead atoms. The zero-order chi connectivity index (χ0) is 10.6. The van der Waals surface area contributed by atoms with Gasteiger partial charge < -0.3 is 10.5 Å². The summed E-state index contributed by atoms with van der Waals surface area (Å²) in [6.45, 7) is 0.683. The van der Waals surface area contributed by atoms with Gasteiger partial charge in [-0.05, 0) is 5.92 Å². The molecule has 1 aliphatic heterocycles. The van der Waals surface area contributed by atoms with E-state index in [9.17, 15) is 13.6 Å². The van der Waals surface area contributed by atoms with Gasteiger partial charge in [0.2, 0.25) is 0 Å². The molecule has 0 atom stereocenters. The minimum absolute atomic E-state index is 0.0977. The number of morpholine rings is 1.